The Morgan fingerprint density at radius 2 is 2.29 bits per heavy atom. The van der Waals surface area contributed by atoms with E-state index in [4.69, 9.17) is 4.74 Å². The van der Waals surface area contributed by atoms with Crippen LogP contribution in [0.5, 0.6) is 0 Å². The predicted molar refractivity (Wildman–Crippen MR) is 55.1 cm³/mol. The number of nitrogens with one attached hydrogen (secondary N) is 1. The van der Waals surface area contributed by atoms with Gasteiger partial charge in [-0.25, -0.2) is 0 Å². The van der Waals surface area contributed by atoms with Crippen LogP contribution in [0.25, 0.3) is 0 Å². The largest absolute Gasteiger partial charge is 0.376 e. The molecule has 0 aromatic heterocycles. The molecule has 0 spiro atoms. The number of carbonyl (C=O) groups excluding carboxylic acids is 1. The summed E-state index contributed by atoms with van der Waals surface area (Å²) in [5.74, 6) is 0.105. The number of morpholine rings is 1. The summed E-state index contributed by atoms with van der Waals surface area (Å²) in [6, 6.07) is 0.341. The van der Waals surface area contributed by atoms with E-state index in [-0.39, 0.29) is 12.0 Å². The molecule has 1 rings (SSSR count). The summed E-state index contributed by atoms with van der Waals surface area (Å²) in [6.07, 6.45) is 0.237. The maximum Gasteiger partial charge on any atom is 0.234 e. The monoisotopic (exact) mass is 200 g/mol. The first-order chi connectivity index (χ1) is 6.63. The first-order valence-electron chi connectivity index (χ1n) is 5.25. The fourth-order valence-corrected chi connectivity index (χ4v) is 1.63. The zero-order valence-electron chi connectivity index (χ0n) is 9.25. The molecular formula is C10H20N2O2. The first-order valence-corrected chi connectivity index (χ1v) is 5.25. The summed E-state index contributed by atoms with van der Waals surface area (Å²) in [6.45, 7) is 8.82. The van der Waals surface area contributed by atoms with E-state index in [9.17, 15) is 4.79 Å². The minimum absolute atomic E-state index is 0.105. The van der Waals surface area contributed by atoms with Crippen LogP contribution in [0.3, 0.4) is 0 Å². The first kappa shape index (κ1) is 11.5. The molecule has 1 N–H and O–H groups in total. The number of nitrogens with zero attached hydrogens (tertiary/aromatic N) is 1. The molecule has 0 bridgehead atoms. The Labute approximate surface area is 85.6 Å². The van der Waals surface area contributed by atoms with E-state index in [1.54, 1.807) is 0 Å². The molecule has 0 saturated carbocycles. The average Bonchev–Trinajstić information content (AvgIpc) is 2.12. The Morgan fingerprint density at radius 1 is 1.57 bits per heavy atom. The van der Waals surface area contributed by atoms with Crippen molar-refractivity contribution < 1.29 is 9.53 Å². The Balaban J connectivity index is 2.37. The highest BCUT2D eigenvalue weighted by Crippen LogP contribution is 2.10. The third kappa shape index (κ3) is 3.27. The van der Waals surface area contributed by atoms with Crippen LogP contribution in [-0.2, 0) is 9.53 Å². The van der Waals surface area contributed by atoms with Gasteiger partial charge in [-0.3, -0.25) is 9.69 Å². The molecule has 1 heterocycles. The molecule has 1 aliphatic rings. The van der Waals surface area contributed by atoms with Crippen LogP contribution in [0.15, 0.2) is 0 Å². The number of ether oxygens (including phenoxy) is 1. The number of likely N-dealkylation sites (N-methyl/N-ethyl adjacent to an activating group) is 1. The summed E-state index contributed by atoms with van der Waals surface area (Å²) in [5, 5.41) is 2.81. The van der Waals surface area contributed by atoms with Gasteiger partial charge in [0.2, 0.25) is 5.91 Å². The second kappa shape index (κ2) is 5.32. The SMILES string of the molecule is CCNC(=O)CN1C[C@H](C)OC[C@H]1C. The highest BCUT2D eigenvalue weighted by molar-refractivity contribution is 5.77. The molecule has 4 heteroatoms. The average molecular weight is 200 g/mol. The summed E-state index contributed by atoms with van der Waals surface area (Å²) >= 11 is 0. The summed E-state index contributed by atoms with van der Waals surface area (Å²) in [5.41, 5.74) is 0. The van der Waals surface area contributed by atoms with Crippen LogP contribution in [-0.4, -0.2) is 49.2 Å². The maximum absolute atomic E-state index is 11.4. The van der Waals surface area contributed by atoms with Crippen molar-refractivity contribution in [1.29, 1.82) is 0 Å². The topological polar surface area (TPSA) is 41.6 Å². The molecule has 0 aliphatic carbocycles. The van der Waals surface area contributed by atoms with Crippen molar-refractivity contribution in [2.45, 2.75) is 32.9 Å². The highest BCUT2D eigenvalue weighted by atomic mass is 16.5. The number of carbonyl (C=O) groups is 1. The third-order valence-corrected chi connectivity index (χ3v) is 2.46. The lowest BCUT2D eigenvalue weighted by Crippen LogP contribution is -2.50. The zero-order chi connectivity index (χ0) is 10.6. The Kier molecular flexibility index (Phi) is 4.35. The molecule has 0 aromatic carbocycles. The molecule has 82 valence electrons. The van der Waals surface area contributed by atoms with Gasteiger partial charge in [0, 0.05) is 19.1 Å². The summed E-state index contributed by atoms with van der Waals surface area (Å²) < 4.78 is 5.49. The number of amides is 1. The molecular weight excluding hydrogens is 180 g/mol. The van der Waals surface area contributed by atoms with E-state index in [1.807, 2.05) is 13.8 Å². The van der Waals surface area contributed by atoms with Gasteiger partial charge >= 0.3 is 0 Å². The van der Waals surface area contributed by atoms with Gasteiger partial charge in [-0.1, -0.05) is 0 Å². The molecule has 0 radical (unpaired) electrons. The normalized spacial score (nSPS) is 28.8. The highest BCUT2D eigenvalue weighted by Gasteiger charge is 2.24. The molecule has 1 aliphatic heterocycles. The van der Waals surface area contributed by atoms with Crippen LogP contribution in [0.1, 0.15) is 20.8 Å². The van der Waals surface area contributed by atoms with E-state index in [0.717, 1.165) is 13.2 Å². The van der Waals surface area contributed by atoms with E-state index < -0.39 is 0 Å². The zero-order valence-corrected chi connectivity index (χ0v) is 9.25. The molecule has 0 aromatic rings. The van der Waals surface area contributed by atoms with Crippen molar-refractivity contribution in [2.24, 2.45) is 0 Å². The van der Waals surface area contributed by atoms with E-state index in [1.165, 1.54) is 0 Å². The quantitative estimate of drug-likeness (QED) is 0.709. The fraction of sp³-hybridized carbons (Fsp3) is 0.900. The second-order valence-electron chi connectivity index (χ2n) is 3.88. The number of hydrogen-bond donors (Lipinski definition) is 1. The van der Waals surface area contributed by atoms with Crippen molar-refractivity contribution >= 4 is 5.91 Å². The second-order valence-corrected chi connectivity index (χ2v) is 3.88. The molecule has 4 nitrogen and oxygen atoms in total. The minimum atomic E-state index is 0.105. The summed E-state index contributed by atoms with van der Waals surface area (Å²) in [7, 11) is 0. The van der Waals surface area contributed by atoms with Crippen molar-refractivity contribution in [3.8, 4) is 0 Å². The van der Waals surface area contributed by atoms with Gasteiger partial charge in [-0.05, 0) is 20.8 Å². The Bertz CT molecular complexity index is 197. The summed E-state index contributed by atoms with van der Waals surface area (Å²) in [4.78, 5) is 13.5. The van der Waals surface area contributed by atoms with Crippen LogP contribution < -0.4 is 5.32 Å². The van der Waals surface area contributed by atoms with E-state index in [0.29, 0.717) is 19.1 Å². The standard InChI is InChI=1S/C10H20N2O2/c1-4-11-10(13)6-12-5-9(3)14-7-8(12)2/h8-9H,4-7H2,1-3H3,(H,11,13)/t8-,9+/m1/s1. The van der Waals surface area contributed by atoms with Crippen LogP contribution in [0.4, 0.5) is 0 Å². The van der Waals surface area contributed by atoms with E-state index in [2.05, 4.69) is 17.1 Å². The van der Waals surface area contributed by atoms with Gasteiger partial charge in [0.25, 0.3) is 0 Å². The van der Waals surface area contributed by atoms with Crippen molar-refractivity contribution in [1.82, 2.24) is 10.2 Å². The number of hydrogen-bond acceptors (Lipinski definition) is 3. The van der Waals surface area contributed by atoms with Gasteiger partial charge in [0.1, 0.15) is 0 Å². The lowest BCUT2D eigenvalue weighted by atomic mass is 10.2. The predicted octanol–water partition coefficient (Wildman–Crippen LogP) is 0.232. The van der Waals surface area contributed by atoms with Gasteiger partial charge < -0.3 is 10.1 Å². The maximum atomic E-state index is 11.4. The lowest BCUT2D eigenvalue weighted by Gasteiger charge is -2.36. The van der Waals surface area contributed by atoms with Crippen LogP contribution >= 0.6 is 0 Å². The van der Waals surface area contributed by atoms with Gasteiger partial charge in [0.15, 0.2) is 0 Å². The van der Waals surface area contributed by atoms with Crippen molar-refractivity contribution in [3.63, 3.8) is 0 Å². The van der Waals surface area contributed by atoms with Gasteiger partial charge in [0.05, 0.1) is 19.3 Å². The molecule has 1 fully saturated rings. The fourth-order valence-electron chi connectivity index (χ4n) is 1.63. The molecule has 1 amide bonds. The minimum Gasteiger partial charge on any atom is -0.376 e. The van der Waals surface area contributed by atoms with Gasteiger partial charge in [-0.15, -0.1) is 0 Å². The molecule has 2 atom stereocenters. The van der Waals surface area contributed by atoms with Crippen LogP contribution in [0, 0.1) is 0 Å². The van der Waals surface area contributed by atoms with E-state index >= 15 is 0 Å². The third-order valence-electron chi connectivity index (χ3n) is 2.46. The van der Waals surface area contributed by atoms with Gasteiger partial charge in [-0.2, -0.15) is 0 Å². The molecule has 1 saturated heterocycles. The Morgan fingerprint density at radius 3 is 2.93 bits per heavy atom. The lowest BCUT2D eigenvalue weighted by molar-refractivity contribution is -0.125. The van der Waals surface area contributed by atoms with Crippen molar-refractivity contribution in [3.05, 3.63) is 0 Å². The molecule has 0 unspecified atom stereocenters. The molecule has 14 heavy (non-hydrogen) atoms. The van der Waals surface area contributed by atoms with Crippen LogP contribution in [0.2, 0.25) is 0 Å². The van der Waals surface area contributed by atoms with Crippen molar-refractivity contribution in [2.75, 3.05) is 26.2 Å². The smallest absolute Gasteiger partial charge is 0.234 e. The number of rotatable bonds is 3. The Hall–Kier alpha value is -0.610.